The summed E-state index contributed by atoms with van der Waals surface area (Å²) in [5.41, 5.74) is 7.10. The second-order valence-electron chi connectivity index (χ2n) is 4.92. The van der Waals surface area contributed by atoms with Gasteiger partial charge in [-0.1, -0.05) is 11.8 Å². The molecule has 0 unspecified atom stereocenters. The second-order valence-corrected chi connectivity index (χ2v) is 7.07. The number of thiophene rings is 1. The molecular formula is C13H15N5O2S2. The molecule has 3 N–H and O–H groups in total. The molecule has 1 aliphatic rings. The number of hydrogen-bond donors (Lipinski definition) is 2. The van der Waals surface area contributed by atoms with Gasteiger partial charge in [-0.05, 0) is 19.4 Å². The molecule has 2 aromatic heterocycles. The first kappa shape index (κ1) is 15.0. The van der Waals surface area contributed by atoms with Crippen LogP contribution in [0.1, 0.15) is 10.4 Å². The van der Waals surface area contributed by atoms with Gasteiger partial charge in [0.05, 0.1) is 11.1 Å². The Morgan fingerprint density at radius 3 is 2.91 bits per heavy atom. The fourth-order valence-electron chi connectivity index (χ4n) is 2.24. The summed E-state index contributed by atoms with van der Waals surface area (Å²) in [7, 11) is 0. The van der Waals surface area contributed by atoms with Crippen molar-refractivity contribution in [1.82, 2.24) is 20.2 Å². The Kier molecular flexibility index (Phi) is 3.92. The van der Waals surface area contributed by atoms with Crippen molar-refractivity contribution in [2.75, 3.05) is 24.6 Å². The normalized spacial score (nSPS) is 14.6. The van der Waals surface area contributed by atoms with E-state index < -0.39 is 0 Å². The first-order valence-corrected chi connectivity index (χ1v) is 8.52. The zero-order chi connectivity index (χ0) is 15.9. The van der Waals surface area contributed by atoms with Crippen LogP contribution in [0, 0.1) is 13.8 Å². The molecule has 2 aromatic rings. The topological polar surface area (TPSA) is 101 Å². The van der Waals surface area contributed by atoms with Gasteiger partial charge < -0.3 is 11.1 Å². The minimum Gasteiger partial charge on any atom is -0.383 e. The lowest BCUT2D eigenvalue weighted by Crippen LogP contribution is -2.35. The van der Waals surface area contributed by atoms with E-state index >= 15 is 0 Å². The van der Waals surface area contributed by atoms with Gasteiger partial charge in [-0.15, -0.1) is 11.3 Å². The van der Waals surface area contributed by atoms with Gasteiger partial charge in [-0.2, -0.15) is 0 Å². The molecule has 22 heavy (non-hydrogen) atoms. The molecular weight excluding hydrogens is 322 g/mol. The third-order valence-corrected chi connectivity index (χ3v) is 5.45. The summed E-state index contributed by atoms with van der Waals surface area (Å²) < 4.78 is 0. The number of nitrogens with two attached hydrogens (primary N) is 1. The largest absolute Gasteiger partial charge is 0.383 e. The summed E-state index contributed by atoms with van der Waals surface area (Å²) in [5, 5.41) is 3.94. The maximum atomic E-state index is 12.0. The molecule has 0 bridgehead atoms. The Morgan fingerprint density at radius 1 is 1.45 bits per heavy atom. The summed E-state index contributed by atoms with van der Waals surface area (Å²) in [5.74, 6) is 0.295. The van der Waals surface area contributed by atoms with E-state index in [2.05, 4.69) is 15.3 Å². The highest BCUT2D eigenvalue weighted by Crippen LogP contribution is 2.33. The molecule has 1 fully saturated rings. The number of fused-ring (bicyclic) bond motifs is 1. The predicted molar refractivity (Wildman–Crippen MR) is 87.1 cm³/mol. The smallest absolute Gasteiger partial charge is 0.324 e. The number of rotatable bonds is 3. The lowest BCUT2D eigenvalue weighted by atomic mass is 10.2. The maximum Gasteiger partial charge on any atom is 0.324 e. The second kappa shape index (κ2) is 5.73. The van der Waals surface area contributed by atoms with Gasteiger partial charge in [0.2, 0.25) is 5.91 Å². The molecule has 9 heteroatoms. The molecule has 0 spiro atoms. The Labute approximate surface area is 135 Å². The summed E-state index contributed by atoms with van der Waals surface area (Å²) in [6.07, 6.45) is 0. The van der Waals surface area contributed by atoms with E-state index in [1.807, 2.05) is 13.8 Å². The van der Waals surface area contributed by atoms with Crippen molar-refractivity contribution >= 4 is 51.1 Å². The molecule has 0 saturated carbocycles. The van der Waals surface area contributed by atoms with Crippen molar-refractivity contribution in [3.05, 3.63) is 10.4 Å². The number of carbonyl (C=O) groups is 2. The zero-order valence-electron chi connectivity index (χ0n) is 12.2. The van der Waals surface area contributed by atoms with Crippen LogP contribution in [0.5, 0.6) is 0 Å². The van der Waals surface area contributed by atoms with Crippen LogP contribution >= 0.6 is 23.1 Å². The highest BCUT2D eigenvalue weighted by Gasteiger charge is 2.26. The first-order chi connectivity index (χ1) is 10.5. The number of imide groups is 1. The average molecular weight is 337 g/mol. The van der Waals surface area contributed by atoms with Gasteiger partial charge in [0.1, 0.15) is 10.6 Å². The first-order valence-electron chi connectivity index (χ1n) is 6.71. The molecule has 0 aromatic carbocycles. The molecule has 0 radical (unpaired) electrons. The number of aryl methyl sites for hydroxylation is 2. The van der Waals surface area contributed by atoms with Crippen LogP contribution in [0.2, 0.25) is 0 Å². The maximum absolute atomic E-state index is 12.0. The SMILES string of the molecule is Cc1sc2nc(SCC(=O)N3CCNC3=O)nc(N)c2c1C. The highest BCUT2D eigenvalue weighted by atomic mass is 32.2. The molecule has 1 aliphatic heterocycles. The Balaban J connectivity index is 1.77. The number of aromatic nitrogens is 2. The van der Waals surface area contributed by atoms with Crippen molar-refractivity contribution < 1.29 is 9.59 Å². The van der Waals surface area contributed by atoms with Crippen LogP contribution in [0.15, 0.2) is 5.16 Å². The van der Waals surface area contributed by atoms with Gasteiger partial charge in [0.15, 0.2) is 5.16 Å². The van der Waals surface area contributed by atoms with Gasteiger partial charge >= 0.3 is 6.03 Å². The standard InChI is InChI=1S/C13H15N5O2S2/c1-6-7(2)22-11-9(6)10(14)16-12(17-11)21-5-8(19)18-4-3-15-13(18)20/h3-5H2,1-2H3,(H,15,20)(H2,14,16,17). The van der Waals surface area contributed by atoms with Crippen molar-refractivity contribution in [3.8, 4) is 0 Å². The number of urea groups is 1. The molecule has 0 aliphatic carbocycles. The number of nitrogens with one attached hydrogen (secondary N) is 1. The minimum absolute atomic E-state index is 0.113. The lowest BCUT2D eigenvalue weighted by Gasteiger charge is -2.11. The van der Waals surface area contributed by atoms with Crippen LogP contribution in [-0.4, -0.2) is 45.6 Å². The molecule has 3 rings (SSSR count). The number of nitrogens with zero attached hydrogens (tertiary/aromatic N) is 3. The van der Waals surface area contributed by atoms with E-state index in [1.54, 1.807) is 11.3 Å². The summed E-state index contributed by atoms with van der Waals surface area (Å²) >= 11 is 2.76. The van der Waals surface area contributed by atoms with Crippen molar-refractivity contribution in [2.45, 2.75) is 19.0 Å². The van der Waals surface area contributed by atoms with E-state index in [1.165, 1.54) is 16.7 Å². The van der Waals surface area contributed by atoms with Crippen molar-refractivity contribution in [3.63, 3.8) is 0 Å². The molecule has 1 saturated heterocycles. The fourth-order valence-corrected chi connectivity index (χ4v) is 4.06. The van der Waals surface area contributed by atoms with E-state index in [-0.39, 0.29) is 17.7 Å². The van der Waals surface area contributed by atoms with Crippen LogP contribution in [0.25, 0.3) is 10.2 Å². The molecule has 3 heterocycles. The number of amides is 3. The van der Waals surface area contributed by atoms with Gasteiger partial charge in [-0.25, -0.2) is 14.8 Å². The monoisotopic (exact) mass is 337 g/mol. The van der Waals surface area contributed by atoms with Crippen molar-refractivity contribution in [2.24, 2.45) is 0 Å². The number of anilines is 1. The summed E-state index contributed by atoms with van der Waals surface area (Å²) in [6, 6.07) is -0.342. The Morgan fingerprint density at radius 2 is 2.23 bits per heavy atom. The molecule has 0 atom stereocenters. The number of thioether (sulfide) groups is 1. The summed E-state index contributed by atoms with van der Waals surface area (Å²) in [4.78, 5) is 35.3. The van der Waals surface area contributed by atoms with E-state index in [4.69, 9.17) is 5.73 Å². The quantitative estimate of drug-likeness (QED) is 0.651. The van der Waals surface area contributed by atoms with Crippen LogP contribution < -0.4 is 11.1 Å². The van der Waals surface area contributed by atoms with E-state index in [0.29, 0.717) is 24.1 Å². The molecule has 116 valence electrons. The zero-order valence-corrected chi connectivity index (χ0v) is 13.8. The third kappa shape index (κ3) is 2.61. The lowest BCUT2D eigenvalue weighted by molar-refractivity contribution is -0.124. The fraction of sp³-hybridized carbons (Fsp3) is 0.385. The third-order valence-electron chi connectivity index (χ3n) is 3.52. The predicted octanol–water partition coefficient (Wildman–Crippen LogP) is 1.53. The van der Waals surface area contributed by atoms with Gasteiger partial charge in [0, 0.05) is 18.0 Å². The van der Waals surface area contributed by atoms with Crippen LogP contribution in [0.4, 0.5) is 10.6 Å². The number of carbonyl (C=O) groups excluding carboxylic acids is 2. The highest BCUT2D eigenvalue weighted by molar-refractivity contribution is 7.99. The molecule has 3 amide bonds. The van der Waals surface area contributed by atoms with E-state index in [9.17, 15) is 9.59 Å². The number of hydrogen-bond acceptors (Lipinski definition) is 7. The van der Waals surface area contributed by atoms with Gasteiger partial charge in [-0.3, -0.25) is 9.69 Å². The summed E-state index contributed by atoms with van der Waals surface area (Å²) in [6.45, 7) is 4.92. The van der Waals surface area contributed by atoms with Crippen LogP contribution in [0.3, 0.4) is 0 Å². The average Bonchev–Trinajstić information content (AvgIpc) is 3.01. The minimum atomic E-state index is -0.342. The van der Waals surface area contributed by atoms with Crippen molar-refractivity contribution in [1.29, 1.82) is 0 Å². The Bertz CT molecular complexity index is 773. The Hall–Kier alpha value is -1.87. The van der Waals surface area contributed by atoms with E-state index in [0.717, 1.165) is 20.7 Å². The van der Waals surface area contributed by atoms with Gasteiger partial charge in [0.25, 0.3) is 0 Å². The number of nitrogen functional groups attached to an aromatic ring is 1. The molecule has 7 nitrogen and oxygen atoms in total. The van der Waals surface area contributed by atoms with Crippen LogP contribution in [-0.2, 0) is 4.79 Å².